The van der Waals surface area contributed by atoms with E-state index in [4.69, 9.17) is 11.6 Å². The molecule has 2 atom stereocenters. The van der Waals surface area contributed by atoms with Gasteiger partial charge >= 0.3 is 6.03 Å². The van der Waals surface area contributed by atoms with Crippen LogP contribution in [0.4, 0.5) is 13.6 Å². The molecule has 1 saturated carbocycles. The Morgan fingerprint density at radius 2 is 1.88 bits per heavy atom. The largest absolute Gasteiger partial charge is 0.354 e. The van der Waals surface area contributed by atoms with Crippen molar-refractivity contribution in [2.75, 3.05) is 6.54 Å². The number of carbonyl (C=O) groups excluding carboxylic acids is 2. The van der Waals surface area contributed by atoms with Crippen LogP contribution in [0.15, 0.2) is 42.5 Å². The van der Waals surface area contributed by atoms with Crippen LogP contribution in [-0.2, 0) is 10.3 Å². The van der Waals surface area contributed by atoms with Gasteiger partial charge in [0.25, 0.3) is 0 Å². The molecule has 6 nitrogen and oxygen atoms in total. The first-order chi connectivity index (χ1) is 15.8. The quantitative estimate of drug-likeness (QED) is 0.538. The fourth-order valence-electron chi connectivity index (χ4n) is 4.45. The number of rotatable bonds is 4. The number of aryl methyl sites for hydroxylation is 1. The van der Waals surface area contributed by atoms with Gasteiger partial charge in [0.2, 0.25) is 5.91 Å². The van der Waals surface area contributed by atoms with E-state index in [9.17, 15) is 18.4 Å². The van der Waals surface area contributed by atoms with Gasteiger partial charge in [-0.25, -0.2) is 13.6 Å². The Morgan fingerprint density at radius 3 is 2.58 bits per heavy atom. The Balaban J connectivity index is 1.35. The number of hydrogen-bond acceptors (Lipinski definition) is 3. The summed E-state index contributed by atoms with van der Waals surface area (Å²) in [5.41, 5.74) is 1.04. The maximum atomic E-state index is 14.5. The number of aromatic nitrogens is 1. The summed E-state index contributed by atoms with van der Waals surface area (Å²) in [6.07, 6.45) is 1.38. The Kier molecular flexibility index (Phi) is 5.20. The fraction of sp³-hybridized carbons (Fsp3) is 0.292. The molecule has 2 aromatic carbocycles. The van der Waals surface area contributed by atoms with Crippen LogP contribution in [0.25, 0.3) is 10.9 Å². The number of nitrogens with one attached hydrogen (secondary N) is 3. The van der Waals surface area contributed by atoms with Gasteiger partial charge in [-0.1, -0.05) is 17.7 Å². The van der Waals surface area contributed by atoms with Gasteiger partial charge in [-0.2, -0.15) is 0 Å². The van der Waals surface area contributed by atoms with Crippen molar-refractivity contribution in [1.29, 1.82) is 0 Å². The van der Waals surface area contributed by atoms with E-state index < -0.39 is 41.1 Å². The SMILES string of the molecule is Cc1cc(F)c([C@@H]2CNC(=O)[C@H]2NC(=O)NC2(c3ccc4cc(Cl)ccc4n3)CC2)c(F)c1. The van der Waals surface area contributed by atoms with Crippen LogP contribution in [0.5, 0.6) is 0 Å². The van der Waals surface area contributed by atoms with Crippen LogP contribution in [0.2, 0.25) is 5.02 Å². The van der Waals surface area contributed by atoms with Gasteiger partial charge in [0, 0.05) is 28.4 Å². The average molecular weight is 471 g/mol. The highest BCUT2D eigenvalue weighted by Gasteiger charge is 2.48. The summed E-state index contributed by atoms with van der Waals surface area (Å²) >= 11 is 6.03. The second-order valence-corrected chi connectivity index (χ2v) is 9.12. The molecular weight excluding hydrogens is 450 g/mol. The monoisotopic (exact) mass is 470 g/mol. The summed E-state index contributed by atoms with van der Waals surface area (Å²) in [5.74, 6) is -2.82. The van der Waals surface area contributed by atoms with Crippen molar-refractivity contribution in [1.82, 2.24) is 20.9 Å². The number of halogens is 3. The second-order valence-electron chi connectivity index (χ2n) is 8.69. The molecule has 170 valence electrons. The van der Waals surface area contributed by atoms with Crippen LogP contribution in [0.3, 0.4) is 0 Å². The predicted molar refractivity (Wildman–Crippen MR) is 120 cm³/mol. The highest BCUT2D eigenvalue weighted by molar-refractivity contribution is 6.31. The third-order valence-corrected chi connectivity index (χ3v) is 6.54. The summed E-state index contributed by atoms with van der Waals surface area (Å²) in [5, 5.41) is 9.62. The minimum Gasteiger partial charge on any atom is -0.354 e. The van der Waals surface area contributed by atoms with Crippen LogP contribution in [0.1, 0.15) is 35.6 Å². The Labute approximate surface area is 193 Å². The summed E-state index contributed by atoms with van der Waals surface area (Å²) < 4.78 is 29.1. The van der Waals surface area contributed by atoms with Gasteiger partial charge in [-0.05, 0) is 61.7 Å². The van der Waals surface area contributed by atoms with E-state index >= 15 is 0 Å². The topological polar surface area (TPSA) is 83.1 Å². The van der Waals surface area contributed by atoms with Gasteiger partial charge in [-0.3, -0.25) is 9.78 Å². The van der Waals surface area contributed by atoms with Crippen LogP contribution in [-0.4, -0.2) is 29.5 Å². The lowest BCUT2D eigenvalue weighted by Crippen LogP contribution is -2.50. The molecule has 5 rings (SSSR count). The van der Waals surface area contributed by atoms with Crippen LogP contribution < -0.4 is 16.0 Å². The summed E-state index contributed by atoms with van der Waals surface area (Å²) in [6, 6.07) is 9.87. The molecule has 2 fully saturated rings. The Hall–Kier alpha value is -3.26. The molecule has 0 spiro atoms. The lowest BCUT2D eigenvalue weighted by atomic mass is 9.92. The number of nitrogens with zero attached hydrogens (tertiary/aromatic N) is 1. The maximum Gasteiger partial charge on any atom is 0.316 e. The van der Waals surface area contributed by atoms with E-state index in [1.54, 1.807) is 13.0 Å². The molecular formula is C24H21ClF2N4O2. The van der Waals surface area contributed by atoms with Crippen molar-refractivity contribution in [3.05, 3.63) is 75.9 Å². The number of carbonyl (C=O) groups is 2. The summed E-state index contributed by atoms with van der Waals surface area (Å²) in [4.78, 5) is 29.9. The Morgan fingerprint density at radius 1 is 1.15 bits per heavy atom. The van der Waals surface area contributed by atoms with E-state index in [1.165, 1.54) is 12.1 Å². The zero-order valence-electron chi connectivity index (χ0n) is 17.7. The minimum absolute atomic E-state index is 0.0284. The molecule has 2 aliphatic rings. The number of benzene rings is 2. The number of amides is 3. The van der Waals surface area contributed by atoms with Crippen LogP contribution in [0, 0.1) is 18.6 Å². The van der Waals surface area contributed by atoms with Crippen molar-refractivity contribution in [2.24, 2.45) is 0 Å². The van der Waals surface area contributed by atoms with E-state index in [0.717, 1.165) is 10.9 Å². The second kappa shape index (κ2) is 7.95. The molecule has 9 heteroatoms. The number of urea groups is 1. The van der Waals surface area contributed by atoms with Gasteiger partial charge in [0.05, 0.1) is 16.7 Å². The summed E-state index contributed by atoms with van der Waals surface area (Å²) in [6.45, 7) is 1.61. The fourth-order valence-corrected chi connectivity index (χ4v) is 4.63. The van der Waals surface area contributed by atoms with Crippen molar-refractivity contribution in [3.63, 3.8) is 0 Å². The molecule has 33 heavy (non-hydrogen) atoms. The normalized spacial score (nSPS) is 21.0. The van der Waals surface area contributed by atoms with Crippen molar-refractivity contribution >= 4 is 34.4 Å². The molecule has 1 aliphatic carbocycles. The van der Waals surface area contributed by atoms with E-state index in [1.807, 2.05) is 24.3 Å². The van der Waals surface area contributed by atoms with Crippen molar-refractivity contribution in [3.8, 4) is 0 Å². The molecule has 2 heterocycles. The predicted octanol–water partition coefficient (Wildman–Crippen LogP) is 4.05. The lowest BCUT2D eigenvalue weighted by Gasteiger charge is -2.23. The first-order valence-corrected chi connectivity index (χ1v) is 11.0. The molecule has 3 amide bonds. The van der Waals surface area contributed by atoms with Gasteiger partial charge < -0.3 is 16.0 Å². The molecule has 0 bridgehead atoms. The summed E-state index contributed by atoms with van der Waals surface area (Å²) in [7, 11) is 0. The van der Waals surface area contributed by atoms with Gasteiger partial charge in [0.1, 0.15) is 17.7 Å². The van der Waals surface area contributed by atoms with E-state index in [0.29, 0.717) is 29.1 Å². The first-order valence-electron chi connectivity index (χ1n) is 10.6. The highest BCUT2D eigenvalue weighted by Crippen LogP contribution is 2.45. The standard InChI is InChI=1S/C24H21ClF2N4O2/c1-12-8-16(26)20(17(27)9-12)15-11-28-22(32)21(15)30-23(33)31-24(6-7-24)19-5-2-13-10-14(25)3-4-18(13)29-19/h2-5,8-10,15,21H,6-7,11H2,1H3,(H,28,32)(H2,30,31,33)/t15-,21-/m0/s1. The lowest BCUT2D eigenvalue weighted by molar-refractivity contribution is -0.120. The van der Waals surface area contributed by atoms with E-state index in [-0.39, 0.29) is 12.1 Å². The third-order valence-electron chi connectivity index (χ3n) is 6.31. The van der Waals surface area contributed by atoms with E-state index in [2.05, 4.69) is 20.9 Å². The molecule has 1 aromatic heterocycles. The molecule has 0 unspecified atom stereocenters. The molecule has 0 radical (unpaired) electrons. The number of fused-ring (bicyclic) bond motifs is 1. The molecule has 1 aliphatic heterocycles. The molecule has 3 aromatic rings. The van der Waals surface area contributed by atoms with Crippen molar-refractivity contribution < 1.29 is 18.4 Å². The highest BCUT2D eigenvalue weighted by atomic mass is 35.5. The zero-order valence-corrected chi connectivity index (χ0v) is 18.5. The van der Waals surface area contributed by atoms with Gasteiger partial charge in [-0.15, -0.1) is 0 Å². The minimum atomic E-state index is -1.10. The first kappa shape index (κ1) is 21.6. The number of pyridine rings is 1. The smallest absolute Gasteiger partial charge is 0.316 e. The van der Waals surface area contributed by atoms with Gasteiger partial charge in [0.15, 0.2) is 0 Å². The average Bonchev–Trinajstić information content (AvgIpc) is 3.45. The molecule has 3 N–H and O–H groups in total. The Bertz CT molecular complexity index is 1270. The third kappa shape index (κ3) is 3.99. The maximum absolute atomic E-state index is 14.5. The van der Waals surface area contributed by atoms with Crippen LogP contribution >= 0.6 is 11.6 Å². The number of hydrogen-bond donors (Lipinski definition) is 3. The van der Waals surface area contributed by atoms with Crippen molar-refractivity contribution in [2.45, 2.75) is 37.3 Å². The zero-order chi connectivity index (χ0) is 23.3. The molecule has 1 saturated heterocycles.